The average Bonchev–Trinajstić information content (AvgIpc) is 2.56. The van der Waals surface area contributed by atoms with E-state index in [0.717, 1.165) is 45.4 Å². The van der Waals surface area contributed by atoms with E-state index in [2.05, 4.69) is 47.9 Å². The first kappa shape index (κ1) is 15.9. The summed E-state index contributed by atoms with van der Waals surface area (Å²) in [5, 5.41) is 0. The second-order valence-corrected chi connectivity index (χ2v) is 5.90. The van der Waals surface area contributed by atoms with Crippen LogP contribution in [0, 0.1) is 5.92 Å². The molecule has 0 radical (unpaired) electrons. The number of benzene rings is 1. The van der Waals surface area contributed by atoms with Crippen LogP contribution in [-0.4, -0.2) is 37.0 Å². The standard InChI is InChI=1S/C18H28N2O/c1-3-5-9-16(4-2)18(21)20-14-12-19(13-15-20)17-10-7-6-8-11-17/h6-8,10-11,16H,3-5,9,12-15H2,1-2H3/t16-/m0/s1. The molecule has 0 spiro atoms. The molecule has 116 valence electrons. The number of hydrogen-bond acceptors (Lipinski definition) is 2. The van der Waals surface area contributed by atoms with Crippen LogP contribution in [0.15, 0.2) is 30.3 Å². The van der Waals surface area contributed by atoms with Crippen LogP contribution in [0.3, 0.4) is 0 Å². The predicted octanol–water partition coefficient (Wildman–Crippen LogP) is 3.55. The number of amides is 1. The van der Waals surface area contributed by atoms with Gasteiger partial charge in [-0.3, -0.25) is 4.79 Å². The lowest BCUT2D eigenvalue weighted by Gasteiger charge is -2.37. The fourth-order valence-electron chi connectivity index (χ4n) is 3.03. The molecule has 1 atom stereocenters. The fraction of sp³-hybridized carbons (Fsp3) is 0.611. The van der Waals surface area contributed by atoms with E-state index in [-0.39, 0.29) is 5.92 Å². The number of para-hydroxylation sites is 1. The van der Waals surface area contributed by atoms with Crippen LogP contribution in [-0.2, 0) is 4.79 Å². The fourth-order valence-corrected chi connectivity index (χ4v) is 3.03. The Balaban J connectivity index is 1.86. The van der Waals surface area contributed by atoms with E-state index in [0.29, 0.717) is 5.91 Å². The highest BCUT2D eigenvalue weighted by atomic mass is 16.2. The Labute approximate surface area is 128 Å². The first-order chi connectivity index (χ1) is 10.3. The van der Waals surface area contributed by atoms with Crippen molar-refractivity contribution in [1.29, 1.82) is 0 Å². The summed E-state index contributed by atoms with van der Waals surface area (Å²) in [5.41, 5.74) is 1.27. The molecular weight excluding hydrogens is 260 g/mol. The molecule has 3 nitrogen and oxygen atoms in total. The van der Waals surface area contributed by atoms with Crippen molar-refractivity contribution in [3.8, 4) is 0 Å². The van der Waals surface area contributed by atoms with Crippen LogP contribution in [0.1, 0.15) is 39.5 Å². The Kier molecular flexibility index (Phi) is 6.09. The molecule has 0 N–H and O–H groups in total. The van der Waals surface area contributed by atoms with Gasteiger partial charge in [0.15, 0.2) is 0 Å². The number of piperazine rings is 1. The Hall–Kier alpha value is -1.51. The molecule has 1 saturated heterocycles. The zero-order chi connectivity index (χ0) is 15.1. The van der Waals surface area contributed by atoms with E-state index in [4.69, 9.17) is 0 Å². The minimum absolute atomic E-state index is 0.230. The van der Waals surface area contributed by atoms with Gasteiger partial charge < -0.3 is 9.80 Å². The third-order valence-electron chi connectivity index (χ3n) is 4.46. The molecule has 21 heavy (non-hydrogen) atoms. The maximum atomic E-state index is 12.6. The zero-order valence-corrected chi connectivity index (χ0v) is 13.4. The van der Waals surface area contributed by atoms with Crippen LogP contribution >= 0.6 is 0 Å². The van der Waals surface area contributed by atoms with Gasteiger partial charge >= 0.3 is 0 Å². The van der Waals surface area contributed by atoms with Gasteiger partial charge in [-0.15, -0.1) is 0 Å². The van der Waals surface area contributed by atoms with E-state index in [1.54, 1.807) is 0 Å². The second kappa shape index (κ2) is 8.06. The quantitative estimate of drug-likeness (QED) is 0.799. The van der Waals surface area contributed by atoms with Crippen molar-refractivity contribution < 1.29 is 4.79 Å². The predicted molar refractivity (Wildman–Crippen MR) is 88.5 cm³/mol. The highest BCUT2D eigenvalue weighted by Crippen LogP contribution is 2.19. The van der Waals surface area contributed by atoms with Crippen molar-refractivity contribution in [2.45, 2.75) is 39.5 Å². The molecule has 0 unspecified atom stereocenters. The third kappa shape index (κ3) is 4.23. The largest absolute Gasteiger partial charge is 0.368 e. The number of unbranched alkanes of at least 4 members (excludes halogenated alkanes) is 1. The number of anilines is 1. The number of carbonyl (C=O) groups is 1. The summed E-state index contributed by atoms with van der Waals surface area (Å²) >= 11 is 0. The number of hydrogen-bond donors (Lipinski definition) is 0. The molecule has 1 aliphatic heterocycles. The van der Waals surface area contributed by atoms with E-state index in [1.165, 1.54) is 12.1 Å². The van der Waals surface area contributed by atoms with Gasteiger partial charge in [-0.05, 0) is 25.0 Å². The first-order valence-electron chi connectivity index (χ1n) is 8.35. The van der Waals surface area contributed by atoms with Crippen molar-refractivity contribution in [3.63, 3.8) is 0 Å². The normalized spacial score (nSPS) is 16.9. The van der Waals surface area contributed by atoms with Gasteiger partial charge in [0.1, 0.15) is 0 Å². The molecule has 0 bridgehead atoms. The van der Waals surface area contributed by atoms with E-state index < -0.39 is 0 Å². The maximum absolute atomic E-state index is 12.6. The molecular formula is C18H28N2O. The van der Waals surface area contributed by atoms with Crippen molar-refractivity contribution >= 4 is 11.6 Å². The van der Waals surface area contributed by atoms with Gasteiger partial charge in [-0.2, -0.15) is 0 Å². The highest BCUT2D eigenvalue weighted by molar-refractivity contribution is 5.79. The molecule has 2 rings (SSSR count). The summed E-state index contributed by atoms with van der Waals surface area (Å²) in [6, 6.07) is 10.5. The Morgan fingerprint density at radius 2 is 1.76 bits per heavy atom. The first-order valence-corrected chi connectivity index (χ1v) is 8.35. The summed E-state index contributed by atoms with van der Waals surface area (Å²) in [7, 11) is 0. The molecule has 0 aliphatic carbocycles. The lowest BCUT2D eigenvalue weighted by atomic mass is 9.97. The van der Waals surface area contributed by atoms with E-state index in [9.17, 15) is 4.79 Å². The Morgan fingerprint density at radius 3 is 2.33 bits per heavy atom. The zero-order valence-electron chi connectivity index (χ0n) is 13.4. The van der Waals surface area contributed by atoms with Gasteiger partial charge in [0, 0.05) is 37.8 Å². The second-order valence-electron chi connectivity index (χ2n) is 5.90. The smallest absolute Gasteiger partial charge is 0.225 e. The molecule has 1 heterocycles. The molecule has 0 saturated carbocycles. The Morgan fingerprint density at radius 1 is 1.10 bits per heavy atom. The van der Waals surface area contributed by atoms with Gasteiger partial charge in [0.05, 0.1) is 0 Å². The maximum Gasteiger partial charge on any atom is 0.225 e. The molecule has 1 amide bonds. The van der Waals surface area contributed by atoms with Gasteiger partial charge in [0.25, 0.3) is 0 Å². The van der Waals surface area contributed by atoms with Crippen LogP contribution in [0.2, 0.25) is 0 Å². The van der Waals surface area contributed by atoms with Crippen molar-refractivity contribution in [2.24, 2.45) is 5.92 Å². The lowest BCUT2D eigenvalue weighted by Crippen LogP contribution is -2.50. The van der Waals surface area contributed by atoms with Crippen molar-refractivity contribution in [1.82, 2.24) is 4.90 Å². The summed E-state index contributed by atoms with van der Waals surface area (Å²) < 4.78 is 0. The van der Waals surface area contributed by atoms with Crippen LogP contribution in [0.5, 0.6) is 0 Å². The third-order valence-corrected chi connectivity index (χ3v) is 4.46. The minimum Gasteiger partial charge on any atom is -0.368 e. The highest BCUT2D eigenvalue weighted by Gasteiger charge is 2.26. The molecule has 3 heteroatoms. The Bertz CT molecular complexity index is 424. The SMILES string of the molecule is CCCC[C@H](CC)C(=O)N1CCN(c2ccccc2)CC1. The monoisotopic (exact) mass is 288 g/mol. The summed E-state index contributed by atoms with van der Waals surface area (Å²) in [4.78, 5) is 17.0. The van der Waals surface area contributed by atoms with Crippen LogP contribution in [0.4, 0.5) is 5.69 Å². The van der Waals surface area contributed by atoms with Gasteiger partial charge in [0.2, 0.25) is 5.91 Å². The molecule has 1 aliphatic rings. The van der Waals surface area contributed by atoms with E-state index >= 15 is 0 Å². The van der Waals surface area contributed by atoms with Gasteiger partial charge in [-0.1, -0.05) is 44.9 Å². The van der Waals surface area contributed by atoms with Gasteiger partial charge in [-0.25, -0.2) is 0 Å². The molecule has 1 fully saturated rings. The molecule has 1 aromatic carbocycles. The van der Waals surface area contributed by atoms with Crippen LogP contribution in [0.25, 0.3) is 0 Å². The number of nitrogens with zero attached hydrogens (tertiary/aromatic N) is 2. The topological polar surface area (TPSA) is 23.6 Å². The van der Waals surface area contributed by atoms with Crippen LogP contribution < -0.4 is 4.90 Å². The average molecular weight is 288 g/mol. The lowest BCUT2D eigenvalue weighted by molar-refractivity contribution is -0.136. The summed E-state index contributed by atoms with van der Waals surface area (Å²) in [6.45, 7) is 7.93. The van der Waals surface area contributed by atoms with E-state index in [1.807, 2.05) is 6.07 Å². The van der Waals surface area contributed by atoms with Crippen molar-refractivity contribution in [2.75, 3.05) is 31.1 Å². The van der Waals surface area contributed by atoms with Crippen molar-refractivity contribution in [3.05, 3.63) is 30.3 Å². The number of rotatable bonds is 6. The number of carbonyl (C=O) groups excluding carboxylic acids is 1. The molecule has 0 aromatic heterocycles. The molecule has 1 aromatic rings. The minimum atomic E-state index is 0.230. The summed E-state index contributed by atoms with van der Waals surface area (Å²) in [6.07, 6.45) is 4.35. The summed E-state index contributed by atoms with van der Waals surface area (Å²) in [5.74, 6) is 0.604.